The predicted octanol–water partition coefficient (Wildman–Crippen LogP) is 4.57. The van der Waals surface area contributed by atoms with E-state index in [4.69, 9.17) is 9.47 Å². The van der Waals surface area contributed by atoms with Crippen LogP contribution in [0.3, 0.4) is 0 Å². The Labute approximate surface area is 191 Å². The number of thiazole rings is 1. The molecule has 4 rings (SSSR count). The van der Waals surface area contributed by atoms with Crippen LogP contribution in [0.15, 0.2) is 60.0 Å². The van der Waals surface area contributed by atoms with Gasteiger partial charge < -0.3 is 14.4 Å². The lowest BCUT2D eigenvalue weighted by atomic mass is 10.0. The smallest absolute Gasteiger partial charge is 0.331 e. The van der Waals surface area contributed by atoms with E-state index in [1.54, 1.807) is 22.3 Å². The minimum Gasteiger partial charge on any atom is -0.487 e. The molecule has 1 aromatic heterocycles. The quantitative estimate of drug-likeness (QED) is 0.391. The van der Waals surface area contributed by atoms with Crippen molar-refractivity contribution in [3.63, 3.8) is 0 Å². The van der Waals surface area contributed by atoms with E-state index in [0.717, 1.165) is 40.4 Å². The van der Waals surface area contributed by atoms with Crippen LogP contribution in [-0.2, 0) is 27.4 Å². The number of aryl methyl sites for hydroxylation is 2. The molecule has 1 aliphatic rings. The summed E-state index contributed by atoms with van der Waals surface area (Å²) in [6, 6.07) is 15.2. The number of nitrogens with zero attached hydrogens (tertiary/aromatic N) is 2. The molecule has 6 nitrogen and oxygen atoms in total. The fraction of sp³-hybridized carbons (Fsp3) is 0.240. The number of benzene rings is 2. The number of amides is 1. The molecule has 0 radical (unpaired) electrons. The average molecular weight is 449 g/mol. The van der Waals surface area contributed by atoms with Gasteiger partial charge in [-0.2, -0.15) is 0 Å². The van der Waals surface area contributed by atoms with E-state index >= 15 is 0 Å². The second-order valence-electron chi connectivity index (χ2n) is 7.40. The maximum absolute atomic E-state index is 12.6. The van der Waals surface area contributed by atoms with Crippen molar-refractivity contribution in [1.82, 2.24) is 4.98 Å². The number of para-hydroxylation sites is 2. The van der Waals surface area contributed by atoms with E-state index in [9.17, 15) is 9.59 Å². The summed E-state index contributed by atoms with van der Waals surface area (Å²) in [6.07, 6.45) is 4.79. The predicted molar refractivity (Wildman–Crippen MR) is 125 cm³/mol. The molecule has 2 heterocycles. The summed E-state index contributed by atoms with van der Waals surface area (Å²) in [4.78, 5) is 30.9. The van der Waals surface area contributed by atoms with Crippen molar-refractivity contribution in [2.24, 2.45) is 0 Å². The lowest BCUT2D eigenvalue weighted by Gasteiger charge is -2.29. The zero-order chi connectivity index (χ0) is 22.3. The summed E-state index contributed by atoms with van der Waals surface area (Å²) in [5, 5.41) is 2.95. The topological polar surface area (TPSA) is 68.7 Å². The first-order chi connectivity index (χ1) is 15.6. The van der Waals surface area contributed by atoms with Crippen molar-refractivity contribution >= 4 is 35.0 Å². The first-order valence-corrected chi connectivity index (χ1v) is 11.3. The number of anilines is 1. The van der Waals surface area contributed by atoms with Crippen LogP contribution >= 0.6 is 11.3 Å². The monoisotopic (exact) mass is 448 g/mol. The molecule has 0 bridgehead atoms. The van der Waals surface area contributed by atoms with Gasteiger partial charge >= 0.3 is 5.97 Å². The number of ether oxygens (including phenoxy) is 2. The second-order valence-corrected chi connectivity index (χ2v) is 8.47. The molecule has 0 spiro atoms. The summed E-state index contributed by atoms with van der Waals surface area (Å²) < 4.78 is 11.1. The number of carbonyl (C=O) groups excluding carboxylic acids is 2. The van der Waals surface area contributed by atoms with Crippen LogP contribution in [0.4, 0.5) is 5.69 Å². The third-order valence-corrected chi connectivity index (χ3v) is 5.93. The second kappa shape index (κ2) is 10.2. The summed E-state index contributed by atoms with van der Waals surface area (Å²) in [5.74, 6) is -0.155. The minimum atomic E-state index is -0.575. The van der Waals surface area contributed by atoms with Crippen LogP contribution in [0.1, 0.15) is 28.2 Å². The van der Waals surface area contributed by atoms with E-state index in [0.29, 0.717) is 18.9 Å². The number of hydrogen-bond donors (Lipinski definition) is 0. The fourth-order valence-electron chi connectivity index (χ4n) is 3.59. The fourth-order valence-corrected chi connectivity index (χ4v) is 4.18. The maximum Gasteiger partial charge on any atom is 0.331 e. The molecule has 1 aliphatic heterocycles. The molecule has 7 heteroatoms. The number of esters is 1. The van der Waals surface area contributed by atoms with Crippen molar-refractivity contribution in [3.05, 3.63) is 81.8 Å². The first kappa shape index (κ1) is 21.8. The molecule has 164 valence electrons. The SMILES string of the molecule is Cc1nc(COc2ccccc2/C=C/C(=O)OCC(=O)N2CCCc3ccccc32)cs1. The van der Waals surface area contributed by atoms with Crippen LogP contribution in [-0.4, -0.2) is 30.0 Å². The minimum absolute atomic E-state index is 0.221. The Kier molecular flexibility index (Phi) is 6.97. The molecule has 1 amide bonds. The summed E-state index contributed by atoms with van der Waals surface area (Å²) in [5.41, 5.74) is 3.65. The van der Waals surface area contributed by atoms with E-state index in [1.807, 2.05) is 60.8 Å². The summed E-state index contributed by atoms with van der Waals surface area (Å²) in [6.45, 7) is 2.64. The van der Waals surface area contributed by atoms with Crippen molar-refractivity contribution < 1.29 is 19.1 Å². The molecule has 0 fully saturated rings. The molecule has 0 N–H and O–H groups in total. The van der Waals surface area contributed by atoms with Gasteiger partial charge in [0.05, 0.1) is 10.7 Å². The molecule has 0 unspecified atom stereocenters. The maximum atomic E-state index is 12.6. The highest BCUT2D eigenvalue weighted by Gasteiger charge is 2.22. The number of hydrogen-bond acceptors (Lipinski definition) is 6. The van der Waals surface area contributed by atoms with E-state index in [-0.39, 0.29) is 12.5 Å². The average Bonchev–Trinajstić information content (AvgIpc) is 3.25. The van der Waals surface area contributed by atoms with Gasteiger partial charge in [0.15, 0.2) is 6.61 Å². The molecular formula is C25H24N2O4S. The molecule has 0 atom stereocenters. The number of aromatic nitrogens is 1. The molecule has 32 heavy (non-hydrogen) atoms. The Morgan fingerprint density at radius 1 is 1.16 bits per heavy atom. The zero-order valence-electron chi connectivity index (χ0n) is 17.8. The first-order valence-electron chi connectivity index (χ1n) is 10.5. The lowest BCUT2D eigenvalue weighted by molar-refractivity contribution is -0.142. The van der Waals surface area contributed by atoms with Crippen LogP contribution in [0.25, 0.3) is 6.08 Å². The highest BCUT2D eigenvalue weighted by molar-refractivity contribution is 7.09. The highest BCUT2D eigenvalue weighted by atomic mass is 32.1. The number of carbonyl (C=O) groups is 2. The third kappa shape index (κ3) is 5.42. The standard InChI is InChI=1S/C25H24N2O4S/c1-18-26-21(17-32-18)15-30-23-11-5-3-8-20(23)12-13-25(29)31-16-24(28)27-14-6-9-19-7-2-4-10-22(19)27/h2-5,7-8,10-13,17H,6,9,14-16H2,1H3/b13-12+. The van der Waals surface area contributed by atoms with Crippen molar-refractivity contribution in [2.45, 2.75) is 26.4 Å². The van der Waals surface area contributed by atoms with Crippen molar-refractivity contribution in [3.8, 4) is 5.75 Å². The van der Waals surface area contributed by atoms with Gasteiger partial charge in [-0.1, -0.05) is 36.4 Å². The van der Waals surface area contributed by atoms with Crippen LogP contribution < -0.4 is 9.64 Å². The third-order valence-electron chi connectivity index (χ3n) is 5.11. The molecular weight excluding hydrogens is 424 g/mol. The zero-order valence-corrected chi connectivity index (χ0v) is 18.6. The van der Waals surface area contributed by atoms with Gasteiger partial charge in [0.25, 0.3) is 5.91 Å². The van der Waals surface area contributed by atoms with Gasteiger partial charge in [0, 0.05) is 29.3 Å². The Hall–Kier alpha value is -3.45. The van der Waals surface area contributed by atoms with Crippen molar-refractivity contribution in [1.29, 1.82) is 0 Å². The van der Waals surface area contributed by atoms with Gasteiger partial charge in [-0.3, -0.25) is 4.79 Å². The Morgan fingerprint density at radius 2 is 1.97 bits per heavy atom. The Morgan fingerprint density at radius 3 is 2.81 bits per heavy atom. The normalized spacial score (nSPS) is 13.1. The van der Waals surface area contributed by atoms with Crippen LogP contribution in [0, 0.1) is 6.92 Å². The number of rotatable bonds is 7. The molecule has 0 saturated heterocycles. The Balaban J connectivity index is 1.33. The van der Waals surface area contributed by atoms with Gasteiger partial charge in [0.2, 0.25) is 0 Å². The molecule has 2 aromatic carbocycles. The van der Waals surface area contributed by atoms with Crippen LogP contribution in [0.5, 0.6) is 5.75 Å². The van der Waals surface area contributed by atoms with Gasteiger partial charge in [0.1, 0.15) is 12.4 Å². The van der Waals surface area contributed by atoms with E-state index < -0.39 is 5.97 Å². The van der Waals surface area contributed by atoms with Crippen LogP contribution in [0.2, 0.25) is 0 Å². The van der Waals surface area contributed by atoms with Gasteiger partial charge in [-0.15, -0.1) is 11.3 Å². The van der Waals surface area contributed by atoms with Gasteiger partial charge in [-0.05, 0) is 43.5 Å². The highest BCUT2D eigenvalue weighted by Crippen LogP contribution is 2.26. The van der Waals surface area contributed by atoms with E-state index in [2.05, 4.69) is 4.98 Å². The number of fused-ring (bicyclic) bond motifs is 1. The lowest BCUT2D eigenvalue weighted by Crippen LogP contribution is -2.38. The van der Waals surface area contributed by atoms with E-state index in [1.165, 1.54) is 6.08 Å². The molecule has 3 aromatic rings. The van der Waals surface area contributed by atoms with Gasteiger partial charge in [-0.25, -0.2) is 9.78 Å². The summed E-state index contributed by atoms with van der Waals surface area (Å²) in [7, 11) is 0. The molecule has 0 saturated carbocycles. The van der Waals surface area contributed by atoms with Crippen molar-refractivity contribution in [2.75, 3.05) is 18.1 Å². The largest absolute Gasteiger partial charge is 0.487 e. The Bertz CT molecular complexity index is 1140. The molecule has 0 aliphatic carbocycles. The summed E-state index contributed by atoms with van der Waals surface area (Å²) >= 11 is 1.57.